The molecule has 0 saturated heterocycles. The van der Waals surface area contributed by atoms with Crippen LogP contribution in [0.3, 0.4) is 0 Å². The van der Waals surface area contributed by atoms with Gasteiger partial charge in [0.1, 0.15) is 5.92 Å². The van der Waals surface area contributed by atoms with E-state index in [1.807, 2.05) is 0 Å². The third kappa shape index (κ3) is 2.19. The van der Waals surface area contributed by atoms with E-state index < -0.39 is 23.6 Å². The van der Waals surface area contributed by atoms with Gasteiger partial charge in [-0.3, -0.25) is 14.5 Å². The molecule has 0 aliphatic heterocycles. The number of carbonyl (C=O) groups is 3. The summed E-state index contributed by atoms with van der Waals surface area (Å²) in [5.74, 6) is -1.87. The van der Waals surface area contributed by atoms with Crippen molar-refractivity contribution in [3.63, 3.8) is 0 Å². The lowest BCUT2D eigenvalue weighted by molar-refractivity contribution is -0.122. The quantitative estimate of drug-likeness (QED) is 0.622. The molecule has 0 spiro atoms. The molecule has 0 atom stereocenters. The second kappa shape index (κ2) is 4.83. The number of rotatable bonds is 2. The van der Waals surface area contributed by atoms with Gasteiger partial charge >= 0.3 is 6.09 Å². The smallest absolute Gasteiger partial charge is 0.413 e. The van der Waals surface area contributed by atoms with E-state index in [1.54, 1.807) is 0 Å². The summed E-state index contributed by atoms with van der Waals surface area (Å²) < 4.78 is 4.59. The molecule has 1 amide bonds. The molecule has 19 heavy (non-hydrogen) atoms. The summed E-state index contributed by atoms with van der Waals surface area (Å²) >= 11 is 12.0. The van der Waals surface area contributed by atoms with Crippen molar-refractivity contribution in [1.29, 1.82) is 0 Å². The molecule has 1 saturated carbocycles. The number of hydrogen-bond donors (Lipinski definition) is 0. The van der Waals surface area contributed by atoms with Gasteiger partial charge in [-0.15, -0.1) is 0 Å². The van der Waals surface area contributed by atoms with Crippen molar-refractivity contribution in [3.05, 3.63) is 27.7 Å². The van der Waals surface area contributed by atoms with Gasteiger partial charge in [0, 0.05) is 7.05 Å². The SMILES string of the molecule is COC(=O)N(C)c1c(C2C(=O)C2=O)ccc(Cl)c1Cl. The molecule has 5 nitrogen and oxygen atoms in total. The minimum atomic E-state index is -0.864. The fourth-order valence-corrected chi connectivity index (χ4v) is 2.27. The Balaban J connectivity index is 2.56. The predicted molar refractivity (Wildman–Crippen MR) is 70.0 cm³/mol. The molecule has 0 aromatic heterocycles. The van der Waals surface area contributed by atoms with E-state index in [2.05, 4.69) is 4.74 Å². The normalized spacial score (nSPS) is 14.5. The maximum Gasteiger partial charge on any atom is 0.413 e. The maximum absolute atomic E-state index is 11.6. The van der Waals surface area contributed by atoms with Gasteiger partial charge in [-0.05, 0) is 11.6 Å². The van der Waals surface area contributed by atoms with Crippen molar-refractivity contribution >= 4 is 46.5 Å². The van der Waals surface area contributed by atoms with Crippen LogP contribution in [0.5, 0.6) is 0 Å². The molecule has 0 heterocycles. The number of hydrogen-bond acceptors (Lipinski definition) is 4. The van der Waals surface area contributed by atoms with Crippen LogP contribution in [-0.2, 0) is 14.3 Å². The maximum atomic E-state index is 11.6. The van der Waals surface area contributed by atoms with Crippen molar-refractivity contribution in [2.24, 2.45) is 0 Å². The highest BCUT2D eigenvalue weighted by Crippen LogP contribution is 2.43. The Bertz CT molecular complexity index is 586. The molecule has 0 bridgehead atoms. The van der Waals surface area contributed by atoms with E-state index >= 15 is 0 Å². The van der Waals surface area contributed by atoms with Crippen LogP contribution in [0.25, 0.3) is 0 Å². The van der Waals surface area contributed by atoms with Gasteiger partial charge in [0.15, 0.2) is 0 Å². The third-order valence-corrected chi connectivity index (χ3v) is 3.67. The summed E-state index contributed by atoms with van der Waals surface area (Å²) in [5.41, 5.74) is 0.572. The van der Waals surface area contributed by atoms with E-state index in [0.29, 0.717) is 5.56 Å². The van der Waals surface area contributed by atoms with Gasteiger partial charge < -0.3 is 4.74 Å². The van der Waals surface area contributed by atoms with E-state index in [-0.39, 0.29) is 15.7 Å². The molecule has 1 aromatic rings. The molecule has 1 aromatic carbocycles. The molecule has 0 N–H and O–H groups in total. The van der Waals surface area contributed by atoms with E-state index in [9.17, 15) is 14.4 Å². The lowest BCUT2D eigenvalue weighted by Crippen LogP contribution is -2.27. The highest BCUT2D eigenvalue weighted by Gasteiger charge is 2.51. The Morgan fingerprint density at radius 1 is 1.26 bits per heavy atom. The van der Waals surface area contributed by atoms with Crippen LogP contribution in [0.4, 0.5) is 10.5 Å². The molecule has 1 aliphatic carbocycles. The topological polar surface area (TPSA) is 63.7 Å². The lowest BCUT2D eigenvalue weighted by atomic mass is 10.1. The molecule has 100 valence electrons. The van der Waals surface area contributed by atoms with Crippen LogP contribution < -0.4 is 4.90 Å². The van der Waals surface area contributed by atoms with E-state index in [1.165, 1.54) is 26.3 Å². The van der Waals surface area contributed by atoms with Crippen molar-refractivity contribution < 1.29 is 19.1 Å². The van der Waals surface area contributed by atoms with Crippen molar-refractivity contribution in [3.8, 4) is 0 Å². The molecule has 1 aliphatic rings. The number of carbonyl (C=O) groups excluding carboxylic acids is 3. The standard InChI is InChI=1S/C12H9Cl2NO4/c1-15(12(18)19-2)9-5(7-10(16)11(7)17)3-4-6(13)8(9)14/h3-4,7H,1-2H3. The Hall–Kier alpha value is -1.59. The number of Topliss-reactive ketones (excluding diaryl/α,β-unsaturated/α-hetero) is 2. The number of amides is 1. The molecule has 0 radical (unpaired) electrons. The molecule has 1 fully saturated rings. The Labute approximate surface area is 119 Å². The average molecular weight is 302 g/mol. The van der Waals surface area contributed by atoms with Crippen molar-refractivity contribution in [1.82, 2.24) is 0 Å². The largest absolute Gasteiger partial charge is 0.452 e. The zero-order valence-electron chi connectivity index (χ0n) is 10.1. The zero-order valence-corrected chi connectivity index (χ0v) is 11.6. The fourth-order valence-electron chi connectivity index (χ4n) is 1.82. The third-order valence-electron chi connectivity index (χ3n) is 2.88. The summed E-state index contributed by atoms with van der Waals surface area (Å²) in [6.45, 7) is 0. The molecular weight excluding hydrogens is 293 g/mol. The number of ether oxygens (including phenoxy) is 1. The molecule has 0 unspecified atom stereocenters. The first-order chi connectivity index (χ1) is 8.90. The van der Waals surface area contributed by atoms with Gasteiger partial charge in [-0.25, -0.2) is 4.79 Å². The molecule has 7 heteroatoms. The number of nitrogens with zero attached hydrogens (tertiary/aromatic N) is 1. The summed E-state index contributed by atoms with van der Waals surface area (Å²) in [4.78, 5) is 35.2. The number of methoxy groups -OCH3 is 1. The Kier molecular flexibility index (Phi) is 3.52. The number of anilines is 1. The lowest BCUT2D eigenvalue weighted by Gasteiger charge is -2.20. The van der Waals surface area contributed by atoms with E-state index in [4.69, 9.17) is 23.2 Å². The summed E-state index contributed by atoms with van der Waals surface area (Å²) in [6.07, 6.45) is -0.675. The van der Waals surface area contributed by atoms with Gasteiger partial charge in [0.25, 0.3) is 0 Å². The Morgan fingerprint density at radius 3 is 2.32 bits per heavy atom. The van der Waals surface area contributed by atoms with Crippen LogP contribution in [0.15, 0.2) is 12.1 Å². The first kappa shape index (κ1) is 13.8. The average Bonchev–Trinajstić information content (AvgIpc) is 2.98. The summed E-state index contributed by atoms with van der Waals surface area (Å²) in [6, 6.07) is 2.99. The minimum absolute atomic E-state index is 0.0968. The van der Waals surface area contributed by atoms with Gasteiger partial charge in [0.2, 0.25) is 11.6 Å². The van der Waals surface area contributed by atoms with Crippen molar-refractivity contribution in [2.45, 2.75) is 5.92 Å². The number of halogens is 2. The summed E-state index contributed by atoms with van der Waals surface area (Å²) in [5, 5.41) is 0.316. The van der Waals surface area contributed by atoms with Crippen LogP contribution in [0.1, 0.15) is 11.5 Å². The van der Waals surface area contributed by atoms with Gasteiger partial charge in [-0.1, -0.05) is 29.3 Å². The van der Waals surface area contributed by atoms with Crippen LogP contribution in [-0.4, -0.2) is 31.8 Å². The predicted octanol–water partition coefficient (Wildman–Crippen LogP) is 2.43. The highest BCUT2D eigenvalue weighted by molar-refractivity contribution is 6.63. The minimum Gasteiger partial charge on any atom is -0.452 e. The van der Waals surface area contributed by atoms with E-state index in [0.717, 1.165) is 4.90 Å². The fraction of sp³-hybridized carbons (Fsp3) is 0.250. The highest BCUT2D eigenvalue weighted by atomic mass is 35.5. The molecule has 2 rings (SSSR count). The van der Waals surface area contributed by atoms with Crippen LogP contribution in [0, 0.1) is 0 Å². The van der Waals surface area contributed by atoms with Gasteiger partial charge in [-0.2, -0.15) is 0 Å². The van der Waals surface area contributed by atoms with Crippen LogP contribution >= 0.6 is 23.2 Å². The zero-order chi connectivity index (χ0) is 14.3. The molecular formula is C12H9Cl2NO4. The first-order valence-corrected chi connectivity index (χ1v) is 6.03. The van der Waals surface area contributed by atoms with Gasteiger partial charge in [0.05, 0.1) is 22.8 Å². The number of ketones is 2. The van der Waals surface area contributed by atoms with Crippen LogP contribution in [0.2, 0.25) is 10.0 Å². The first-order valence-electron chi connectivity index (χ1n) is 5.27. The monoisotopic (exact) mass is 301 g/mol. The number of benzene rings is 1. The van der Waals surface area contributed by atoms with Crippen molar-refractivity contribution in [2.75, 3.05) is 19.1 Å². The summed E-state index contributed by atoms with van der Waals surface area (Å²) in [7, 11) is 2.63. The second-order valence-electron chi connectivity index (χ2n) is 3.99. The second-order valence-corrected chi connectivity index (χ2v) is 4.77. The Morgan fingerprint density at radius 2 is 1.84 bits per heavy atom.